The molecule has 0 atom stereocenters. The molecular formula is C10H13N5OS. The molecule has 0 radical (unpaired) electrons. The number of nitrogens with zero attached hydrogens (tertiary/aromatic N) is 3. The van der Waals surface area contributed by atoms with Crippen LogP contribution in [0.15, 0.2) is 10.9 Å². The Bertz CT molecular complexity index is 479. The predicted molar refractivity (Wildman–Crippen MR) is 63.9 cm³/mol. The van der Waals surface area contributed by atoms with Crippen molar-refractivity contribution >= 4 is 17.2 Å². The van der Waals surface area contributed by atoms with Gasteiger partial charge in [-0.15, -0.1) is 16.4 Å². The molecule has 0 fully saturated rings. The highest BCUT2D eigenvalue weighted by atomic mass is 32.1. The maximum absolute atomic E-state index is 11.6. The monoisotopic (exact) mass is 251 g/mol. The van der Waals surface area contributed by atoms with Crippen molar-refractivity contribution in [2.75, 3.05) is 6.54 Å². The first-order valence-corrected chi connectivity index (χ1v) is 6.30. The summed E-state index contributed by atoms with van der Waals surface area (Å²) in [5.74, 6) is 0.658. The lowest BCUT2D eigenvalue weighted by Gasteiger charge is -1.99. The molecule has 7 heteroatoms. The Hall–Kier alpha value is -1.76. The number of rotatable bonds is 5. The molecule has 0 saturated heterocycles. The van der Waals surface area contributed by atoms with Gasteiger partial charge in [-0.1, -0.05) is 6.92 Å². The first-order valence-electron chi connectivity index (χ1n) is 5.36. The van der Waals surface area contributed by atoms with E-state index < -0.39 is 0 Å². The van der Waals surface area contributed by atoms with Crippen LogP contribution in [0.5, 0.6) is 0 Å². The van der Waals surface area contributed by atoms with Crippen molar-refractivity contribution in [1.29, 1.82) is 0 Å². The topological polar surface area (TPSA) is 83.6 Å². The minimum Gasteiger partial charge on any atom is -0.349 e. The van der Waals surface area contributed by atoms with Crippen LogP contribution in [0.25, 0.3) is 0 Å². The minimum atomic E-state index is -0.254. The van der Waals surface area contributed by atoms with E-state index in [-0.39, 0.29) is 11.7 Å². The van der Waals surface area contributed by atoms with Gasteiger partial charge in [-0.25, -0.2) is 9.97 Å². The quantitative estimate of drug-likeness (QED) is 0.823. The molecule has 0 aliphatic carbocycles. The van der Waals surface area contributed by atoms with E-state index in [1.165, 1.54) is 0 Å². The molecular weight excluding hydrogens is 238 g/mol. The molecule has 17 heavy (non-hydrogen) atoms. The van der Waals surface area contributed by atoms with E-state index in [0.29, 0.717) is 6.54 Å². The van der Waals surface area contributed by atoms with Gasteiger partial charge in [0.15, 0.2) is 0 Å². The van der Waals surface area contributed by atoms with Crippen LogP contribution in [0.4, 0.5) is 0 Å². The number of carbonyl (C=O) groups excluding carboxylic acids is 1. The Morgan fingerprint density at radius 1 is 1.59 bits per heavy atom. The third-order valence-corrected chi connectivity index (χ3v) is 2.86. The highest BCUT2D eigenvalue weighted by Gasteiger charge is 2.10. The van der Waals surface area contributed by atoms with Crippen LogP contribution in [0, 0.1) is 0 Å². The molecule has 0 unspecified atom stereocenters. The summed E-state index contributed by atoms with van der Waals surface area (Å²) in [7, 11) is 0. The Kier molecular flexibility index (Phi) is 3.81. The normalized spacial score (nSPS) is 10.4. The van der Waals surface area contributed by atoms with Gasteiger partial charge in [-0.3, -0.25) is 9.89 Å². The highest BCUT2D eigenvalue weighted by Crippen LogP contribution is 2.00. The Balaban J connectivity index is 1.81. The number of aryl methyl sites for hydroxylation is 1. The van der Waals surface area contributed by atoms with Crippen LogP contribution in [-0.2, 0) is 12.8 Å². The number of aromatic amines is 1. The van der Waals surface area contributed by atoms with Gasteiger partial charge in [-0.2, -0.15) is 0 Å². The molecule has 0 aromatic carbocycles. The Morgan fingerprint density at radius 2 is 2.47 bits per heavy atom. The fourth-order valence-electron chi connectivity index (χ4n) is 1.30. The van der Waals surface area contributed by atoms with Gasteiger partial charge in [0.05, 0.1) is 11.2 Å². The van der Waals surface area contributed by atoms with E-state index in [4.69, 9.17) is 0 Å². The lowest BCUT2D eigenvalue weighted by molar-refractivity contribution is 0.0944. The van der Waals surface area contributed by atoms with E-state index in [2.05, 4.69) is 25.5 Å². The van der Waals surface area contributed by atoms with Crippen molar-refractivity contribution in [2.24, 2.45) is 0 Å². The van der Waals surface area contributed by atoms with Gasteiger partial charge in [0.2, 0.25) is 5.82 Å². The van der Waals surface area contributed by atoms with Gasteiger partial charge in [0, 0.05) is 24.8 Å². The van der Waals surface area contributed by atoms with Crippen molar-refractivity contribution in [3.05, 3.63) is 28.2 Å². The lowest BCUT2D eigenvalue weighted by Crippen LogP contribution is -2.26. The van der Waals surface area contributed by atoms with E-state index >= 15 is 0 Å². The molecule has 6 nitrogen and oxygen atoms in total. The Morgan fingerprint density at radius 3 is 3.12 bits per heavy atom. The number of thiazole rings is 1. The van der Waals surface area contributed by atoms with Gasteiger partial charge in [-0.05, 0) is 0 Å². The predicted octanol–water partition coefficient (Wildman–Crippen LogP) is 0.796. The third-order valence-electron chi connectivity index (χ3n) is 2.22. The number of H-pyrrole nitrogens is 1. The minimum absolute atomic E-state index is 0.195. The van der Waals surface area contributed by atoms with Crippen LogP contribution in [-0.4, -0.2) is 32.6 Å². The summed E-state index contributed by atoms with van der Waals surface area (Å²) >= 11 is 1.55. The van der Waals surface area contributed by atoms with E-state index in [0.717, 1.165) is 24.4 Å². The number of hydrogen-bond donors (Lipinski definition) is 2. The number of nitrogens with one attached hydrogen (secondary N) is 2. The largest absolute Gasteiger partial charge is 0.349 e. The summed E-state index contributed by atoms with van der Waals surface area (Å²) in [5.41, 5.74) is 2.76. The average Bonchev–Trinajstić information content (AvgIpc) is 2.99. The standard InChI is InChI=1S/C10H13N5OS/c1-2-8-13-9(15-14-8)10(16)11-4-3-7-5-17-6-12-7/h5-6H,2-4H2,1H3,(H,11,16)(H,13,14,15). The molecule has 2 rings (SSSR count). The van der Waals surface area contributed by atoms with Gasteiger partial charge in [0.1, 0.15) is 5.82 Å². The maximum atomic E-state index is 11.6. The van der Waals surface area contributed by atoms with Crippen LogP contribution >= 0.6 is 11.3 Å². The molecule has 0 bridgehead atoms. The number of aromatic nitrogens is 4. The van der Waals surface area contributed by atoms with Crippen molar-refractivity contribution in [2.45, 2.75) is 19.8 Å². The molecule has 2 heterocycles. The first kappa shape index (κ1) is 11.7. The van der Waals surface area contributed by atoms with Crippen molar-refractivity contribution < 1.29 is 4.79 Å². The molecule has 0 aliphatic heterocycles. The van der Waals surface area contributed by atoms with E-state index in [1.807, 2.05) is 12.3 Å². The van der Waals surface area contributed by atoms with Gasteiger partial charge < -0.3 is 5.32 Å². The number of carbonyl (C=O) groups is 1. The number of amides is 1. The molecule has 2 N–H and O–H groups in total. The second kappa shape index (κ2) is 5.53. The zero-order valence-electron chi connectivity index (χ0n) is 9.43. The molecule has 2 aromatic rings. The molecule has 2 aromatic heterocycles. The second-order valence-corrected chi connectivity index (χ2v) is 4.16. The van der Waals surface area contributed by atoms with Crippen LogP contribution < -0.4 is 5.32 Å². The summed E-state index contributed by atoms with van der Waals surface area (Å²) in [6.07, 6.45) is 1.46. The van der Waals surface area contributed by atoms with Crippen molar-refractivity contribution in [1.82, 2.24) is 25.5 Å². The van der Waals surface area contributed by atoms with Crippen LogP contribution in [0.3, 0.4) is 0 Å². The second-order valence-electron chi connectivity index (χ2n) is 3.44. The summed E-state index contributed by atoms with van der Waals surface area (Å²) in [4.78, 5) is 19.8. The zero-order chi connectivity index (χ0) is 12.1. The summed E-state index contributed by atoms with van der Waals surface area (Å²) in [6.45, 7) is 2.49. The van der Waals surface area contributed by atoms with E-state index in [9.17, 15) is 4.79 Å². The third kappa shape index (κ3) is 3.10. The molecule has 0 saturated carbocycles. The smallest absolute Gasteiger partial charge is 0.290 e. The summed E-state index contributed by atoms with van der Waals surface area (Å²) < 4.78 is 0. The zero-order valence-corrected chi connectivity index (χ0v) is 10.3. The van der Waals surface area contributed by atoms with E-state index in [1.54, 1.807) is 16.8 Å². The fraction of sp³-hybridized carbons (Fsp3) is 0.400. The Labute approximate surface area is 103 Å². The van der Waals surface area contributed by atoms with Gasteiger partial charge in [0.25, 0.3) is 5.91 Å². The van der Waals surface area contributed by atoms with Crippen LogP contribution in [0.2, 0.25) is 0 Å². The summed E-state index contributed by atoms with van der Waals surface area (Å²) in [5, 5.41) is 11.3. The van der Waals surface area contributed by atoms with Crippen LogP contribution in [0.1, 0.15) is 29.1 Å². The average molecular weight is 251 g/mol. The molecule has 90 valence electrons. The molecule has 0 aliphatic rings. The number of hydrogen-bond acceptors (Lipinski definition) is 5. The SMILES string of the molecule is CCc1nc(C(=O)NCCc2cscn2)n[nH]1. The maximum Gasteiger partial charge on any atom is 0.290 e. The molecule has 0 spiro atoms. The highest BCUT2D eigenvalue weighted by molar-refractivity contribution is 7.07. The lowest BCUT2D eigenvalue weighted by atomic mass is 10.3. The fourth-order valence-corrected chi connectivity index (χ4v) is 1.89. The van der Waals surface area contributed by atoms with Crippen molar-refractivity contribution in [3.63, 3.8) is 0 Å². The molecule has 1 amide bonds. The van der Waals surface area contributed by atoms with Crippen molar-refractivity contribution in [3.8, 4) is 0 Å². The first-order chi connectivity index (χ1) is 8.29. The van der Waals surface area contributed by atoms with Gasteiger partial charge >= 0.3 is 0 Å². The summed E-state index contributed by atoms with van der Waals surface area (Å²) in [6, 6.07) is 0.